The maximum absolute atomic E-state index is 11.1. The van der Waals surface area contributed by atoms with Gasteiger partial charge in [-0.3, -0.25) is 4.79 Å². The Kier molecular flexibility index (Phi) is 4.63. The second kappa shape index (κ2) is 6.25. The van der Waals surface area contributed by atoms with Gasteiger partial charge in [0.15, 0.2) is 0 Å². The van der Waals surface area contributed by atoms with Crippen LogP contribution in [0.1, 0.15) is 18.4 Å². The predicted octanol–water partition coefficient (Wildman–Crippen LogP) is 3.78. The third-order valence-corrected chi connectivity index (χ3v) is 3.99. The molecule has 0 bridgehead atoms. The number of hydrogen-bond acceptors (Lipinski definition) is 3. The molecule has 0 saturated heterocycles. The first-order valence-electron chi connectivity index (χ1n) is 6.19. The van der Waals surface area contributed by atoms with Gasteiger partial charge in [-0.05, 0) is 18.9 Å². The van der Waals surface area contributed by atoms with Crippen molar-refractivity contribution in [3.63, 3.8) is 0 Å². The van der Waals surface area contributed by atoms with Crippen LogP contribution < -0.4 is 5.32 Å². The summed E-state index contributed by atoms with van der Waals surface area (Å²) < 4.78 is 0. The molecule has 0 aromatic heterocycles. The van der Waals surface area contributed by atoms with Crippen molar-refractivity contribution < 1.29 is 4.79 Å². The van der Waals surface area contributed by atoms with Crippen molar-refractivity contribution >= 4 is 40.9 Å². The van der Waals surface area contributed by atoms with Gasteiger partial charge in [0.05, 0.1) is 10.7 Å². The highest BCUT2D eigenvalue weighted by atomic mass is 35.5. The SMILES string of the molecule is CN/C(=C1\C(=N)CCC(C=O)=C1Cl)c1ccccc1Cl. The third kappa shape index (κ3) is 2.65. The molecule has 1 aliphatic rings. The molecule has 0 atom stereocenters. The molecule has 0 aliphatic heterocycles. The fourth-order valence-corrected chi connectivity index (χ4v) is 2.79. The number of carbonyl (C=O) groups excluding carboxylic acids is 1. The highest BCUT2D eigenvalue weighted by Crippen LogP contribution is 2.35. The molecule has 0 amide bonds. The molecule has 2 N–H and O–H groups in total. The van der Waals surface area contributed by atoms with Crippen molar-refractivity contribution in [2.75, 3.05) is 7.05 Å². The van der Waals surface area contributed by atoms with Crippen LogP contribution in [0.2, 0.25) is 5.02 Å². The number of nitrogens with one attached hydrogen (secondary N) is 2. The quantitative estimate of drug-likeness (QED) is 0.835. The van der Waals surface area contributed by atoms with Gasteiger partial charge in [0, 0.05) is 34.5 Å². The molecule has 104 valence electrons. The first-order chi connectivity index (χ1) is 9.60. The minimum atomic E-state index is 0.334. The standard InChI is InChI=1S/C15H14Cl2N2O/c1-19-15(10-4-2-3-5-11(10)16)13-12(18)7-6-9(8-20)14(13)17/h2-5,8,18-19H,6-7H2,1H3/b15-13+,18-12?. The lowest BCUT2D eigenvalue weighted by Gasteiger charge is -2.22. The molecule has 0 spiro atoms. The summed E-state index contributed by atoms with van der Waals surface area (Å²) >= 11 is 12.5. The number of benzene rings is 1. The second-order valence-electron chi connectivity index (χ2n) is 4.42. The molecule has 1 aromatic rings. The van der Waals surface area contributed by atoms with Crippen LogP contribution in [0.5, 0.6) is 0 Å². The average molecular weight is 309 g/mol. The zero-order valence-corrected chi connectivity index (χ0v) is 12.5. The molecule has 0 radical (unpaired) electrons. The summed E-state index contributed by atoms with van der Waals surface area (Å²) in [5.41, 5.74) is 2.92. The van der Waals surface area contributed by atoms with Crippen LogP contribution in [0.15, 0.2) is 40.4 Å². The van der Waals surface area contributed by atoms with Gasteiger partial charge in [-0.1, -0.05) is 41.4 Å². The molecule has 0 fully saturated rings. The van der Waals surface area contributed by atoms with Gasteiger partial charge in [-0.25, -0.2) is 0 Å². The predicted molar refractivity (Wildman–Crippen MR) is 83.3 cm³/mol. The van der Waals surface area contributed by atoms with Gasteiger partial charge < -0.3 is 10.7 Å². The smallest absolute Gasteiger partial charge is 0.147 e. The van der Waals surface area contributed by atoms with E-state index in [-0.39, 0.29) is 0 Å². The Morgan fingerprint density at radius 3 is 2.60 bits per heavy atom. The van der Waals surface area contributed by atoms with E-state index in [1.165, 1.54) is 0 Å². The van der Waals surface area contributed by atoms with Crippen molar-refractivity contribution in [3.05, 3.63) is 51.0 Å². The molecular formula is C15H14Cl2N2O. The molecule has 3 nitrogen and oxygen atoms in total. The number of halogens is 2. The second-order valence-corrected chi connectivity index (χ2v) is 5.20. The van der Waals surface area contributed by atoms with E-state index in [2.05, 4.69) is 5.32 Å². The third-order valence-electron chi connectivity index (χ3n) is 3.23. The van der Waals surface area contributed by atoms with Crippen LogP contribution in [-0.4, -0.2) is 19.0 Å². The monoisotopic (exact) mass is 308 g/mol. The maximum Gasteiger partial charge on any atom is 0.147 e. The highest BCUT2D eigenvalue weighted by molar-refractivity contribution is 6.39. The van der Waals surface area contributed by atoms with Crippen LogP contribution in [0.4, 0.5) is 0 Å². The Balaban J connectivity index is 2.71. The number of allylic oxidation sites excluding steroid dienone is 3. The topological polar surface area (TPSA) is 53.0 Å². The summed E-state index contributed by atoms with van der Waals surface area (Å²) in [6, 6.07) is 7.33. The van der Waals surface area contributed by atoms with Gasteiger partial charge >= 0.3 is 0 Å². The molecule has 1 aliphatic carbocycles. The van der Waals surface area contributed by atoms with E-state index in [1.54, 1.807) is 13.1 Å². The lowest BCUT2D eigenvalue weighted by atomic mass is 9.90. The molecule has 5 heteroatoms. The van der Waals surface area contributed by atoms with Crippen molar-refractivity contribution in [3.8, 4) is 0 Å². The number of carbonyl (C=O) groups is 1. The molecule has 2 rings (SSSR count). The van der Waals surface area contributed by atoms with Crippen molar-refractivity contribution in [2.24, 2.45) is 0 Å². The molecule has 1 aromatic carbocycles. The van der Waals surface area contributed by atoms with Crippen molar-refractivity contribution in [1.82, 2.24) is 5.32 Å². The van der Waals surface area contributed by atoms with Crippen LogP contribution in [-0.2, 0) is 4.79 Å². The van der Waals surface area contributed by atoms with Gasteiger partial charge in [0.2, 0.25) is 0 Å². The zero-order chi connectivity index (χ0) is 14.7. The van der Waals surface area contributed by atoms with Crippen molar-refractivity contribution in [2.45, 2.75) is 12.8 Å². The van der Waals surface area contributed by atoms with Gasteiger partial charge in [0.1, 0.15) is 6.29 Å². The molecule has 0 saturated carbocycles. The minimum Gasteiger partial charge on any atom is -0.387 e. The Labute approximate surface area is 127 Å². The van der Waals surface area contributed by atoms with Gasteiger partial charge in [0.25, 0.3) is 0 Å². The molecule has 0 unspecified atom stereocenters. The summed E-state index contributed by atoms with van der Waals surface area (Å²) in [6.45, 7) is 0. The minimum absolute atomic E-state index is 0.334. The van der Waals surface area contributed by atoms with Crippen molar-refractivity contribution in [1.29, 1.82) is 5.41 Å². The van der Waals surface area contributed by atoms with E-state index in [9.17, 15) is 4.79 Å². The van der Waals surface area contributed by atoms with Crippen LogP contribution >= 0.6 is 23.2 Å². The Morgan fingerprint density at radius 2 is 2.00 bits per heavy atom. The van der Waals surface area contributed by atoms with E-state index in [0.29, 0.717) is 45.5 Å². The van der Waals surface area contributed by atoms with Gasteiger partial charge in [-0.15, -0.1) is 0 Å². The fraction of sp³-hybridized carbons (Fsp3) is 0.200. The summed E-state index contributed by atoms with van der Waals surface area (Å²) in [5, 5.41) is 12.1. The Bertz CT molecular complexity index is 633. The first-order valence-corrected chi connectivity index (χ1v) is 6.94. The summed E-state index contributed by atoms with van der Waals surface area (Å²) in [6.07, 6.45) is 1.76. The lowest BCUT2D eigenvalue weighted by Crippen LogP contribution is -2.18. The first kappa shape index (κ1) is 14.8. The summed E-state index contributed by atoms with van der Waals surface area (Å²) in [7, 11) is 1.75. The average Bonchev–Trinajstić information content (AvgIpc) is 2.45. The van der Waals surface area contributed by atoms with Crippen LogP contribution in [0.3, 0.4) is 0 Å². The maximum atomic E-state index is 11.1. The van der Waals surface area contributed by atoms with E-state index in [1.807, 2.05) is 18.2 Å². The lowest BCUT2D eigenvalue weighted by molar-refractivity contribution is -0.105. The fourth-order valence-electron chi connectivity index (χ4n) is 2.22. The Hall–Kier alpha value is -1.58. The zero-order valence-electron chi connectivity index (χ0n) is 11.0. The number of rotatable bonds is 3. The van der Waals surface area contributed by atoms with Crippen LogP contribution in [0.25, 0.3) is 5.70 Å². The molecule has 0 heterocycles. The van der Waals surface area contributed by atoms with E-state index < -0.39 is 0 Å². The molecular weight excluding hydrogens is 295 g/mol. The summed E-state index contributed by atoms with van der Waals surface area (Å²) in [5.74, 6) is 0. The normalized spacial score (nSPS) is 18.1. The van der Waals surface area contributed by atoms with E-state index in [0.717, 1.165) is 11.8 Å². The highest BCUT2D eigenvalue weighted by Gasteiger charge is 2.24. The van der Waals surface area contributed by atoms with Crippen LogP contribution in [0, 0.1) is 5.41 Å². The molecule has 20 heavy (non-hydrogen) atoms. The largest absolute Gasteiger partial charge is 0.387 e. The van der Waals surface area contributed by atoms with E-state index in [4.69, 9.17) is 28.6 Å². The van der Waals surface area contributed by atoms with E-state index >= 15 is 0 Å². The number of hydrogen-bond donors (Lipinski definition) is 2. The van der Waals surface area contributed by atoms with Gasteiger partial charge in [-0.2, -0.15) is 0 Å². The number of aldehydes is 1. The Morgan fingerprint density at radius 1 is 1.30 bits per heavy atom. The summed E-state index contributed by atoms with van der Waals surface area (Å²) in [4.78, 5) is 11.1.